The fourth-order valence-electron chi connectivity index (χ4n) is 4.20. The number of fused-ring (bicyclic) bond motifs is 1. The molecule has 2 N–H and O–H groups in total. The molecule has 3 heterocycles. The van der Waals surface area contributed by atoms with Crippen molar-refractivity contribution in [3.05, 3.63) is 48.0 Å². The zero-order valence-electron chi connectivity index (χ0n) is 15.9. The van der Waals surface area contributed by atoms with Crippen molar-refractivity contribution in [3.8, 4) is 11.5 Å². The SMILES string of the molecule is C[C@H](c1cccc2c1OCO2)C1(C)CN(c2ccnc(F)c2)CCN1C(N)=O. The van der Waals surface area contributed by atoms with Crippen molar-refractivity contribution in [2.24, 2.45) is 5.73 Å². The molecular weight excluding hydrogens is 363 g/mol. The molecule has 2 amide bonds. The number of benzene rings is 1. The first-order chi connectivity index (χ1) is 13.4. The van der Waals surface area contributed by atoms with E-state index in [4.69, 9.17) is 15.2 Å². The Kier molecular flexibility index (Phi) is 4.49. The molecule has 2 aromatic rings. The first-order valence-electron chi connectivity index (χ1n) is 9.22. The van der Waals surface area contributed by atoms with Crippen LogP contribution in [0.5, 0.6) is 11.5 Å². The second-order valence-corrected chi connectivity index (χ2v) is 7.41. The fourth-order valence-corrected chi connectivity index (χ4v) is 4.20. The second kappa shape index (κ2) is 6.85. The summed E-state index contributed by atoms with van der Waals surface area (Å²) in [6.07, 6.45) is 1.45. The molecule has 1 unspecified atom stereocenters. The van der Waals surface area contributed by atoms with Gasteiger partial charge in [0, 0.05) is 49.1 Å². The van der Waals surface area contributed by atoms with Crippen LogP contribution in [0.2, 0.25) is 0 Å². The van der Waals surface area contributed by atoms with E-state index in [0.29, 0.717) is 31.1 Å². The van der Waals surface area contributed by atoms with Crippen molar-refractivity contribution in [2.75, 3.05) is 31.3 Å². The van der Waals surface area contributed by atoms with Crippen LogP contribution in [-0.2, 0) is 0 Å². The van der Waals surface area contributed by atoms with E-state index >= 15 is 0 Å². The topological polar surface area (TPSA) is 80.9 Å². The summed E-state index contributed by atoms with van der Waals surface area (Å²) >= 11 is 0. The van der Waals surface area contributed by atoms with Crippen molar-refractivity contribution in [1.82, 2.24) is 9.88 Å². The Bertz CT molecular complexity index is 909. The van der Waals surface area contributed by atoms with Crippen LogP contribution < -0.4 is 20.1 Å². The number of urea groups is 1. The van der Waals surface area contributed by atoms with Gasteiger partial charge in [0.05, 0.1) is 5.54 Å². The van der Waals surface area contributed by atoms with Crippen LogP contribution in [0.15, 0.2) is 36.5 Å². The van der Waals surface area contributed by atoms with E-state index in [1.54, 1.807) is 11.0 Å². The third kappa shape index (κ3) is 2.98. The monoisotopic (exact) mass is 386 g/mol. The van der Waals surface area contributed by atoms with Gasteiger partial charge in [-0.25, -0.2) is 9.78 Å². The summed E-state index contributed by atoms with van der Waals surface area (Å²) in [6, 6.07) is 8.45. The zero-order valence-corrected chi connectivity index (χ0v) is 15.9. The van der Waals surface area contributed by atoms with E-state index in [1.165, 1.54) is 12.3 Å². The van der Waals surface area contributed by atoms with E-state index in [0.717, 1.165) is 11.3 Å². The molecule has 0 saturated carbocycles. The Balaban J connectivity index is 1.71. The van der Waals surface area contributed by atoms with Crippen molar-refractivity contribution >= 4 is 11.7 Å². The number of hydrogen-bond donors (Lipinski definition) is 1. The third-order valence-corrected chi connectivity index (χ3v) is 5.89. The number of piperazine rings is 1. The molecule has 8 heteroatoms. The number of pyridine rings is 1. The maximum atomic E-state index is 13.6. The van der Waals surface area contributed by atoms with Crippen LogP contribution in [-0.4, -0.2) is 47.9 Å². The molecule has 148 valence electrons. The summed E-state index contributed by atoms with van der Waals surface area (Å²) in [4.78, 5) is 19.6. The minimum atomic E-state index is -0.634. The molecule has 28 heavy (non-hydrogen) atoms. The van der Waals surface area contributed by atoms with E-state index in [9.17, 15) is 9.18 Å². The molecule has 1 fully saturated rings. The van der Waals surface area contributed by atoms with Crippen LogP contribution in [0, 0.1) is 5.95 Å². The Morgan fingerprint density at radius 2 is 2.14 bits per heavy atom. The van der Waals surface area contributed by atoms with Gasteiger partial charge >= 0.3 is 6.03 Å². The van der Waals surface area contributed by atoms with Crippen LogP contribution in [0.3, 0.4) is 0 Å². The maximum absolute atomic E-state index is 13.6. The van der Waals surface area contributed by atoms with E-state index in [2.05, 4.69) is 9.88 Å². The number of nitrogens with two attached hydrogens (primary N) is 1. The van der Waals surface area contributed by atoms with Crippen LogP contribution in [0.4, 0.5) is 14.9 Å². The fraction of sp³-hybridized carbons (Fsp3) is 0.400. The Morgan fingerprint density at radius 1 is 1.32 bits per heavy atom. The lowest BCUT2D eigenvalue weighted by molar-refractivity contribution is 0.0985. The van der Waals surface area contributed by atoms with Gasteiger partial charge < -0.3 is 25.0 Å². The zero-order chi connectivity index (χ0) is 19.9. The number of rotatable bonds is 3. The van der Waals surface area contributed by atoms with Gasteiger partial charge in [-0.05, 0) is 19.1 Å². The molecule has 2 aliphatic rings. The quantitative estimate of drug-likeness (QED) is 0.821. The second-order valence-electron chi connectivity index (χ2n) is 7.41. The van der Waals surface area contributed by atoms with Gasteiger partial charge in [-0.15, -0.1) is 0 Å². The normalized spacial score (nSPS) is 22.2. The molecule has 1 aromatic heterocycles. The van der Waals surface area contributed by atoms with E-state index < -0.39 is 17.5 Å². The number of nitrogens with zero attached hydrogens (tertiary/aromatic N) is 3. The van der Waals surface area contributed by atoms with Crippen molar-refractivity contribution in [2.45, 2.75) is 25.3 Å². The predicted octanol–water partition coefficient (Wildman–Crippen LogP) is 2.71. The molecule has 1 saturated heterocycles. The van der Waals surface area contributed by atoms with Crippen molar-refractivity contribution in [1.29, 1.82) is 0 Å². The number of aromatic nitrogens is 1. The highest BCUT2D eigenvalue weighted by atomic mass is 19.1. The highest BCUT2D eigenvalue weighted by Crippen LogP contribution is 2.45. The van der Waals surface area contributed by atoms with Gasteiger partial charge in [0.15, 0.2) is 11.5 Å². The molecule has 4 rings (SSSR count). The third-order valence-electron chi connectivity index (χ3n) is 5.89. The lowest BCUT2D eigenvalue weighted by atomic mass is 9.78. The van der Waals surface area contributed by atoms with Crippen LogP contribution in [0.1, 0.15) is 25.3 Å². The summed E-state index contributed by atoms with van der Waals surface area (Å²) in [7, 11) is 0. The summed E-state index contributed by atoms with van der Waals surface area (Å²) in [5, 5.41) is 0. The van der Waals surface area contributed by atoms with Gasteiger partial charge in [-0.2, -0.15) is 4.39 Å². The van der Waals surface area contributed by atoms with Crippen LogP contribution in [0.25, 0.3) is 0 Å². The van der Waals surface area contributed by atoms with Crippen molar-refractivity contribution in [3.63, 3.8) is 0 Å². The minimum absolute atomic E-state index is 0.105. The summed E-state index contributed by atoms with van der Waals surface area (Å²) in [6.45, 7) is 5.71. The molecule has 0 aliphatic carbocycles. The molecule has 1 aromatic carbocycles. The standard InChI is InChI=1S/C20H23FN4O3/c1-13(15-4-3-5-16-18(15)28-12-27-16)20(2)11-24(8-9-25(20)19(22)26)14-6-7-23-17(21)10-14/h3-7,10,13H,8-9,11-12H2,1-2H3,(H2,22,26)/t13-,20?/m1/s1. The van der Waals surface area contributed by atoms with Crippen molar-refractivity contribution < 1.29 is 18.7 Å². The predicted molar refractivity (Wildman–Crippen MR) is 102 cm³/mol. The lowest BCUT2D eigenvalue weighted by Gasteiger charge is -2.52. The molecular formula is C20H23FN4O3. The minimum Gasteiger partial charge on any atom is -0.454 e. The highest BCUT2D eigenvalue weighted by molar-refractivity contribution is 5.74. The van der Waals surface area contributed by atoms with Crippen LogP contribution >= 0.6 is 0 Å². The molecule has 2 aliphatic heterocycles. The number of anilines is 1. The Labute approximate surface area is 162 Å². The smallest absolute Gasteiger partial charge is 0.315 e. The number of carbonyl (C=O) groups is 1. The largest absolute Gasteiger partial charge is 0.454 e. The summed E-state index contributed by atoms with van der Waals surface area (Å²) in [5.74, 6) is 0.761. The average molecular weight is 386 g/mol. The average Bonchev–Trinajstić information content (AvgIpc) is 3.16. The number of para-hydroxylation sites is 1. The van der Waals surface area contributed by atoms with E-state index in [-0.39, 0.29) is 12.7 Å². The Morgan fingerprint density at radius 3 is 2.89 bits per heavy atom. The van der Waals surface area contributed by atoms with Gasteiger partial charge in [0.2, 0.25) is 12.7 Å². The number of amides is 2. The summed E-state index contributed by atoms with van der Waals surface area (Å²) < 4.78 is 24.8. The number of halogens is 1. The van der Waals surface area contributed by atoms with Gasteiger partial charge in [0.25, 0.3) is 0 Å². The van der Waals surface area contributed by atoms with E-state index in [1.807, 2.05) is 32.0 Å². The van der Waals surface area contributed by atoms with Gasteiger partial charge in [0.1, 0.15) is 0 Å². The molecule has 0 radical (unpaired) electrons. The number of hydrogen-bond acceptors (Lipinski definition) is 5. The first-order valence-corrected chi connectivity index (χ1v) is 9.22. The number of carbonyl (C=O) groups excluding carboxylic acids is 1. The molecule has 2 atom stereocenters. The Hall–Kier alpha value is -3.03. The molecule has 0 spiro atoms. The lowest BCUT2D eigenvalue weighted by Crippen LogP contribution is -2.65. The number of ether oxygens (including phenoxy) is 2. The molecule has 7 nitrogen and oxygen atoms in total. The summed E-state index contributed by atoms with van der Waals surface area (Å²) in [5.41, 5.74) is 6.77. The molecule has 0 bridgehead atoms. The van der Waals surface area contributed by atoms with Gasteiger partial charge in [-0.3, -0.25) is 0 Å². The van der Waals surface area contributed by atoms with Gasteiger partial charge in [-0.1, -0.05) is 19.1 Å². The maximum Gasteiger partial charge on any atom is 0.315 e. The first kappa shape index (κ1) is 18.3. The number of primary amides is 1. The highest BCUT2D eigenvalue weighted by Gasteiger charge is 2.45.